The van der Waals surface area contributed by atoms with Crippen molar-refractivity contribution >= 4 is 23.4 Å². The van der Waals surface area contributed by atoms with Gasteiger partial charge in [0.25, 0.3) is 0 Å². The molecular formula is C18H23ClN2O5. The minimum atomic E-state index is -0.616. The molecule has 0 radical (unpaired) electrons. The summed E-state index contributed by atoms with van der Waals surface area (Å²) in [5.41, 5.74) is 0.942. The Kier molecular flexibility index (Phi) is 8.06. The van der Waals surface area contributed by atoms with E-state index in [2.05, 4.69) is 10.6 Å². The monoisotopic (exact) mass is 382 g/mol. The summed E-state index contributed by atoms with van der Waals surface area (Å²) in [5, 5.41) is 15.6. The molecule has 2 amide bonds. The number of hydrogen-bond acceptors (Lipinski definition) is 5. The van der Waals surface area contributed by atoms with Crippen LogP contribution in [0.2, 0.25) is 5.02 Å². The van der Waals surface area contributed by atoms with E-state index in [4.69, 9.17) is 21.1 Å². The van der Waals surface area contributed by atoms with Crippen LogP contribution in [0.3, 0.4) is 0 Å². The molecule has 3 atom stereocenters. The molecule has 1 aromatic carbocycles. The molecule has 1 aromatic rings. The lowest BCUT2D eigenvalue weighted by Gasteiger charge is -2.31. The van der Waals surface area contributed by atoms with Crippen molar-refractivity contribution < 1.29 is 24.2 Å². The number of halogens is 1. The molecule has 0 bridgehead atoms. The van der Waals surface area contributed by atoms with Gasteiger partial charge in [0, 0.05) is 18.7 Å². The third kappa shape index (κ3) is 6.42. The lowest BCUT2D eigenvalue weighted by atomic mass is 10.0. The third-order valence-corrected chi connectivity index (χ3v) is 4.11. The first-order valence-corrected chi connectivity index (χ1v) is 8.63. The van der Waals surface area contributed by atoms with Crippen LogP contribution in [0, 0.1) is 0 Å². The number of benzene rings is 1. The van der Waals surface area contributed by atoms with Gasteiger partial charge < -0.3 is 25.2 Å². The van der Waals surface area contributed by atoms with Crippen LogP contribution < -0.4 is 10.6 Å². The lowest BCUT2D eigenvalue weighted by molar-refractivity contribution is -0.130. The highest BCUT2D eigenvalue weighted by atomic mass is 35.5. The van der Waals surface area contributed by atoms with Crippen LogP contribution in [0.4, 0.5) is 0 Å². The molecule has 0 saturated carbocycles. The fourth-order valence-corrected chi connectivity index (χ4v) is 2.68. The molecule has 3 N–H and O–H groups in total. The van der Waals surface area contributed by atoms with Crippen LogP contribution in [-0.2, 0) is 25.6 Å². The predicted octanol–water partition coefficient (Wildman–Crippen LogP) is 0.793. The topological polar surface area (TPSA) is 96.9 Å². The van der Waals surface area contributed by atoms with Crippen molar-refractivity contribution in [3.63, 3.8) is 0 Å². The largest absolute Gasteiger partial charge is 0.394 e. The van der Waals surface area contributed by atoms with Crippen molar-refractivity contribution in [3.8, 4) is 0 Å². The van der Waals surface area contributed by atoms with Gasteiger partial charge >= 0.3 is 0 Å². The van der Waals surface area contributed by atoms with Gasteiger partial charge in [-0.25, -0.2) is 0 Å². The van der Waals surface area contributed by atoms with E-state index in [1.165, 1.54) is 7.11 Å². The van der Waals surface area contributed by atoms with E-state index in [-0.39, 0.29) is 31.4 Å². The Morgan fingerprint density at radius 1 is 1.23 bits per heavy atom. The smallest absolute Gasteiger partial charge is 0.246 e. The van der Waals surface area contributed by atoms with E-state index in [0.29, 0.717) is 11.6 Å². The molecule has 1 aliphatic rings. The molecule has 0 fully saturated rings. The van der Waals surface area contributed by atoms with Gasteiger partial charge in [-0.3, -0.25) is 9.59 Å². The van der Waals surface area contributed by atoms with E-state index >= 15 is 0 Å². The van der Waals surface area contributed by atoms with Gasteiger partial charge in [-0.2, -0.15) is 0 Å². The maximum atomic E-state index is 12.1. The van der Waals surface area contributed by atoms with E-state index < -0.39 is 18.2 Å². The standard InChI is InChI=1S/C18H23ClN2O5/c1-25-11-18(24)21-15-7-6-14(26-16(15)10-22)8-17(23)20-9-12-2-4-13(19)5-3-12/h2-7,14-16,22H,8-11H2,1H3,(H,20,23)(H,21,24)/t14-,15+,16+/m1/s1. The molecule has 142 valence electrons. The zero-order valence-electron chi connectivity index (χ0n) is 14.5. The Morgan fingerprint density at radius 3 is 2.62 bits per heavy atom. The lowest BCUT2D eigenvalue weighted by Crippen LogP contribution is -2.49. The molecule has 7 nitrogen and oxygen atoms in total. The van der Waals surface area contributed by atoms with Crippen molar-refractivity contribution in [2.45, 2.75) is 31.2 Å². The Balaban J connectivity index is 1.82. The highest BCUT2D eigenvalue weighted by molar-refractivity contribution is 6.30. The first kappa shape index (κ1) is 20.4. The molecule has 26 heavy (non-hydrogen) atoms. The van der Waals surface area contributed by atoms with E-state index in [1.807, 2.05) is 12.1 Å². The van der Waals surface area contributed by atoms with Crippen molar-refractivity contribution in [2.75, 3.05) is 20.3 Å². The molecular weight excluding hydrogens is 360 g/mol. The molecule has 1 aliphatic heterocycles. The summed E-state index contributed by atoms with van der Waals surface area (Å²) in [6.07, 6.45) is 2.49. The van der Waals surface area contributed by atoms with Gasteiger partial charge in [-0.05, 0) is 17.7 Å². The summed E-state index contributed by atoms with van der Waals surface area (Å²) in [6, 6.07) is 6.75. The molecule has 0 aromatic heterocycles. The molecule has 0 spiro atoms. The molecule has 0 aliphatic carbocycles. The minimum absolute atomic E-state index is 0.0704. The number of nitrogens with one attached hydrogen (secondary N) is 2. The van der Waals surface area contributed by atoms with Crippen LogP contribution >= 0.6 is 11.6 Å². The number of methoxy groups -OCH3 is 1. The number of hydrogen-bond donors (Lipinski definition) is 3. The second-order valence-electron chi connectivity index (χ2n) is 5.91. The Labute approximate surface area is 157 Å². The maximum Gasteiger partial charge on any atom is 0.246 e. The van der Waals surface area contributed by atoms with Crippen LogP contribution in [0.15, 0.2) is 36.4 Å². The predicted molar refractivity (Wildman–Crippen MR) is 96.6 cm³/mol. The molecule has 1 heterocycles. The van der Waals surface area contributed by atoms with Gasteiger partial charge in [-0.15, -0.1) is 0 Å². The second-order valence-corrected chi connectivity index (χ2v) is 6.35. The van der Waals surface area contributed by atoms with E-state index in [1.54, 1.807) is 24.3 Å². The summed E-state index contributed by atoms with van der Waals surface area (Å²) in [5.74, 6) is -0.475. The molecule has 0 unspecified atom stereocenters. The van der Waals surface area contributed by atoms with Crippen molar-refractivity contribution in [1.29, 1.82) is 0 Å². The molecule has 2 rings (SSSR count). The zero-order valence-corrected chi connectivity index (χ0v) is 15.2. The van der Waals surface area contributed by atoms with Crippen molar-refractivity contribution in [2.24, 2.45) is 0 Å². The average Bonchev–Trinajstić information content (AvgIpc) is 2.62. The average molecular weight is 383 g/mol. The van der Waals surface area contributed by atoms with Crippen LogP contribution in [-0.4, -0.2) is 55.5 Å². The van der Waals surface area contributed by atoms with E-state index in [9.17, 15) is 14.7 Å². The van der Waals surface area contributed by atoms with Gasteiger partial charge in [-0.1, -0.05) is 35.9 Å². The van der Waals surface area contributed by atoms with Gasteiger partial charge in [0.1, 0.15) is 12.7 Å². The van der Waals surface area contributed by atoms with Gasteiger partial charge in [0.2, 0.25) is 11.8 Å². The number of amides is 2. The Hall–Kier alpha value is -1.93. The van der Waals surface area contributed by atoms with Crippen LogP contribution in [0.5, 0.6) is 0 Å². The number of carbonyl (C=O) groups is 2. The normalized spacial score (nSPS) is 22.0. The molecule has 0 saturated heterocycles. The number of carbonyl (C=O) groups excluding carboxylic acids is 2. The first-order valence-electron chi connectivity index (χ1n) is 8.26. The van der Waals surface area contributed by atoms with Crippen molar-refractivity contribution in [1.82, 2.24) is 10.6 Å². The summed E-state index contributed by atoms with van der Waals surface area (Å²) in [6.45, 7) is 0.0513. The Bertz CT molecular complexity index is 635. The first-order chi connectivity index (χ1) is 12.5. The summed E-state index contributed by atoms with van der Waals surface area (Å²) < 4.78 is 10.5. The van der Waals surface area contributed by atoms with Crippen molar-refractivity contribution in [3.05, 3.63) is 47.0 Å². The number of ether oxygens (including phenoxy) is 2. The summed E-state index contributed by atoms with van der Waals surface area (Å²) in [4.78, 5) is 23.7. The second kappa shape index (κ2) is 10.3. The third-order valence-electron chi connectivity index (χ3n) is 3.86. The fourth-order valence-electron chi connectivity index (χ4n) is 2.55. The zero-order chi connectivity index (χ0) is 18.9. The number of rotatable bonds is 8. The summed E-state index contributed by atoms with van der Waals surface area (Å²) >= 11 is 5.83. The Morgan fingerprint density at radius 2 is 1.96 bits per heavy atom. The van der Waals surface area contributed by atoms with Gasteiger partial charge in [0.15, 0.2) is 0 Å². The maximum absolute atomic E-state index is 12.1. The SMILES string of the molecule is COCC(=O)N[C@H]1C=C[C@H](CC(=O)NCc2ccc(Cl)cc2)O[C@H]1CO. The highest BCUT2D eigenvalue weighted by Crippen LogP contribution is 2.16. The van der Waals surface area contributed by atoms with Crippen LogP contribution in [0.25, 0.3) is 0 Å². The van der Waals surface area contributed by atoms with E-state index in [0.717, 1.165) is 5.56 Å². The summed E-state index contributed by atoms with van der Waals surface area (Å²) in [7, 11) is 1.43. The fraction of sp³-hybridized carbons (Fsp3) is 0.444. The number of aliphatic hydroxyl groups is 1. The highest BCUT2D eigenvalue weighted by Gasteiger charge is 2.28. The molecule has 8 heteroatoms. The number of aliphatic hydroxyl groups excluding tert-OH is 1. The minimum Gasteiger partial charge on any atom is -0.394 e. The van der Waals surface area contributed by atoms with Crippen LogP contribution in [0.1, 0.15) is 12.0 Å². The quantitative estimate of drug-likeness (QED) is 0.578. The van der Waals surface area contributed by atoms with Gasteiger partial charge in [0.05, 0.1) is 25.2 Å².